The Morgan fingerprint density at radius 2 is 2.12 bits per heavy atom. The molecule has 0 radical (unpaired) electrons. The Morgan fingerprint density at radius 3 is 2.80 bits per heavy atom. The van der Waals surface area contributed by atoms with Gasteiger partial charge in [-0.2, -0.15) is 0 Å². The summed E-state index contributed by atoms with van der Waals surface area (Å²) in [6.07, 6.45) is -5.00. The van der Waals surface area contributed by atoms with Crippen LogP contribution in [0.1, 0.15) is 6.92 Å². The minimum Gasteiger partial charge on any atom is -0.463 e. The van der Waals surface area contributed by atoms with Gasteiger partial charge in [-0.25, -0.2) is 4.79 Å². The lowest BCUT2D eigenvalue weighted by atomic mass is 9.97. The predicted molar refractivity (Wildman–Crippen MR) is 86.4 cm³/mol. The zero-order valence-electron chi connectivity index (χ0n) is 13.1. The number of amides is 1. The monoisotopic (exact) mass is 371 g/mol. The van der Waals surface area contributed by atoms with Gasteiger partial charge < -0.3 is 34.5 Å². The fraction of sp³-hybridized carbons (Fsp3) is 0.467. The molecule has 1 fully saturated rings. The molecule has 0 bridgehead atoms. The van der Waals surface area contributed by atoms with Gasteiger partial charge in [-0.15, -0.1) is 0 Å². The van der Waals surface area contributed by atoms with Crippen LogP contribution in [0, 0.1) is 0 Å². The molecule has 5 atom stereocenters. The molecule has 1 aromatic carbocycles. The molecular formula is C15H17NO8S. The van der Waals surface area contributed by atoms with E-state index in [-0.39, 0.29) is 0 Å². The molecule has 2 aromatic rings. The number of carbonyl (C=O) groups excluding carboxylic acids is 1. The van der Waals surface area contributed by atoms with Crippen LogP contribution in [0.3, 0.4) is 0 Å². The van der Waals surface area contributed by atoms with Gasteiger partial charge in [0.25, 0.3) is 0 Å². The average Bonchev–Trinajstić information content (AvgIpc) is 2.93. The minimum atomic E-state index is -1.39. The van der Waals surface area contributed by atoms with Gasteiger partial charge in [0.2, 0.25) is 12.2 Å². The number of aliphatic hydroxyl groups is 3. The second-order valence-electron chi connectivity index (χ2n) is 5.61. The first-order chi connectivity index (χ1) is 11.9. The molecule has 9 nitrogen and oxygen atoms in total. The van der Waals surface area contributed by atoms with Crippen LogP contribution >= 0.6 is 11.3 Å². The molecule has 3 rings (SSSR count). The molecule has 0 spiro atoms. The minimum absolute atomic E-state index is 0.310. The van der Waals surface area contributed by atoms with E-state index in [4.69, 9.17) is 13.9 Å². The third-order valence-electron chi connectivity index (χ3n) is 3.80. The average molecular weight is 371 g/mol. The van der Waals surface area contributed by atoms with Gasteiger partial charge in [0.05, 0.1) is 11.3 Å². The molecule has 0 saturated carbocycles. The summed E-state index contributed by atoms with van der Waals surface area (Å²) in [5.41, 5.74) is 0.411. The van der Waals surface area contributed by atoms with Gasteiger partial charge in [-0.05, 0) is 12.1 Å². The standard InChI is InChI=1S/C15H17NO8S/c1-6(18)16-11-13(20)12(19)9(5-17)23-14(11)22-7-2-3-8-10(4-7)25-15(21)24-8/h2-4,9,11-14,17,19-20H,5H2,1H3,(H,16,18)/t9-,11+,12-,13-,14-/m1/s1. The zero-order valence-corrected chi connectivity index (χ0v) is 13.9. The Morgan fingerprint density at radius 1 is 1.36 bits per heavy atom. The van der Waals surface area contributed by atoms with Crippen LogP contribution < -0.4 is 15.0 Å². The van der Waals surface area contributed by atoms with Crippen LogP contribution in [0.5, 0.6) is 5.75 Å². The van der Waals surface area contributed by atoms with E-state index >= 15 is 0 Å². The number of ether oxygens (including phenoxy) is 2. The van der Waals surface area contributed by atoms with Gasteiger partial charge in [-0.3, -0.25) is 4.79 Å². The lowest BCUT2D eigenvalue weighted by Crippen LogP contribution is -2.65. The Labute approximate surface area is 145 Å². The Kier molecular flexibility index (Phi) is 5.06. The van der Waals surface area contributed by atoms with Gasteiger partial charge >= 0.3 is 4.94 Å². The van der Waals surface area contributed by atoms with Crippen molar-refractivity contribution in [1.29, 1.82) is 0 Å². The summed E-state index contributed by atoms with van der Waals surface area (Å²) in [5.74, 6) is -0.135. The van der Waals surface area contributed by atoms with Crippen LogP contribution in [0.15, 0.2) is 27.4 Å². The molecule has 136 valence electrons. The molecule has 25 heavy (non-hydrogen) atoms. The van der Waals surface area contributed by atoms with Gasteiger partial charge in [0, 0.05) is 13.0 Å². The number of hydrogen-bond acceptors (Lipinski definition) is 9. The molecule has 1 aromatic heterocycles. The van der Waals surface area contributed by atoms with E-state index in [1.807, 2.05) is 0 Å². The second-order valence-corrected chi connectivity index (χ2v) is 6.59. The number of hydrogen-bond donors (Lipinski definition) is 4. The highest BCUT2D eigenvalue weighted by Crippen LogP contribution is 2.27. The van der Waals surface area contributed by atoms with Crippen molar-refractivity contribution in [2.75, 3.05) is 6.61 Å². The molecule has 1 aliphatic heterocycles. The van der Waals surface area contributed by atoms with Crippen LogP contribution in [0.4, 0.5) is 0 Å². The first-order valence-corrected chi connectivity index (χ1v) is 8.30. The number of benzene rings is 1. The third-order valence-corrected chi connectivity index (χ3v) is 4.59. The van der Waals surface area contributed by atoms with Gasteiger partial charge in [0.15, 0.2) is 0 Å². The van der Waals surface area contributed by atoms with Crippen molar-refractivity contribution in [3.05, 3.63) is 27.9 Å². The summed E-state index contributed by atoms with van der Waals surface area (Å²) < 4.78 is 16.7. The molecule has 1 saturated heterocycles. The first kappa shape index (κ1) is 17.8. The summed E-state index contributed by atoms with van der Waals surface area (Å²) in [5, 5.41) is 31.9. The van der Waals surface area contributed by atoms with Gasteiger partial charge in [-0.1, -0.05) is 11.3 Å². The Hall–Kier alpha value is -1.98. The van der Waals surface area contributed by atoms with Crippen LogP contribution in [-0.2, 0) is 9.53 Å². The summed E-state index contributed by atoms with van der Waals surface area (Å²) in [6, 6.07) is 3.60. The predicted octanol–water partition coefficient (Wildman–Crippen LogP) is -0.823. The summed E-state index contributed by atoms with van der Waals surface area (Å²) >= 11 is 0.904. The topological polar surface area (TPSA) is 138 Å². The van der Waals surface area contributed by atoms with E-state index in [0.717, 1.165) is 11.3 Å². The lowest BCUT2D eigenvalue weighted by Gasteiger charge is -2.42. The molecule has 4 N–H and O–H groups in total. The van der Waals surface area contributed by atoms with Gasteiger partial charge in [0.1, 0.15) is 35.7 Å². The van der Waals surface area contributed by atoms with Crippen LogP contribution in [0.2, 0.25) is 0 Å². The zero-order chi connectivity index (χ0) is 18.1. The highest BCUT2D eigenvalue weighted by Gasteiger charge is 2.46. The van der Waals surface area contributed by atoms with Crippen molar-refractivity contribution < 1.29 is 34.0 Å². The highest BCUT2D eigenvalue weighted by molar-refractivity contribution is 7.16. The number of carbonyl (C=O) groups is 1. The fourth-order valence-electron chi connectivity index (χ4n) is 2.63. The number of nitrogens with one attached hydrogen (secondary N) is 1. The number of rotatable bonds is 4. The number of fused-ring (bicyclic) bond motifs is 1. The molecule has 0 aliphatic carbocycles. The lowest BCUT2D eigenvalue weighted by molar-refractivity contribution is -0.244. The van der Waals surface area contributed by atoms with E-state index in [9.17, 15) is 24.9 Å². The van der Waals surface area contributed by atoms with E-state index in [0.29, 0.717) is 16.0 Å². The van der Waals surface area contributed by atoms with E-state index < -0.39 is 48.1 Å². The molecule has 2 heterocycles. The summed E-state index contributed by atoms with van der Waals surface area (Å²) in [7, 11) is 0. The van der Waals surface area contributed by atoms with Crippen molar-refractivity contribution in [2.24, 2.45) is 0 Å². The molecule has 10 heteroatoms. The van der Waals surface area contributed by atoms with Crippen molar-refractivity contribution in [3.63, 3.8) is 0 Å². The largest absolute Gasteiger partial charge is 0.463 e. The summed E-state index contributed by atoms with van der Waals surface area (Å²) in [6.45, 7) is 0.719. The van der Waals surface area contributed by atoms with Crippen molar-refractivity contribution in [3.8, 4) is 5.75 Å². The van der Waals surface area contributed by atoms with E-state index in [1.165, 1.54) is 13.0 Å². The maximum Gasteiger partial charge on any atom is 0.396 e. The maximum atomic E-state index is 11.4. The van der Waals surface area contributed by atoms with Crippen LogP contribution in [-0.4, -0.2) is 58.5 Å². The molecule has 1 aliphatic rings. The second kappa shape index (κ2) is 7.10. The van der Waals surface area contributed by atoms with E-state index in [2.05, 4.69) is 5.32 Å². The highest BCUT2D eigenvalue weighted by atomic mass is 32.1. The quantitative estimate of drug-likeness (QED) is 0.547. The first-order valence-electron chi connectivity index (χ1n) is 7.49. The third kappa shape index (κ3) is 3.67. The van der Waals surface area contributed by atoms with E-state index in [1.54, 1.807) is 12.1 Å². The van der Waals surface area contributed by atoms with Crippen molar-refractivity contribution in [1.82, 2.24) is 5.32 Å². The Balaban J connectivity index is 1.86. The fourth-order valence-corrected chi connectivity index (χ4v) is 3.33. The maximum absolute atomic E-state index is 11.4. The Bertz CT molecular complexity index is 817. The molecule has 1 amide bonds. The smallest absolute Gasteiger partial charge is 0.396 e. The summed E-state index contributed by atoms with van der Waals surface area (Å²) in [4.78, 5) is 22.2. The normalized spacial score (nSPS) is 29.5. The van der Waals surface area contributed by atoms with Crippen LogP contribution in [0.25, 0.3) is 10.3 Å². The SMILES string of the molecule is CC(=O)N[C@@H]1[C@H](Oc2ccc3oc(=O)sc3c2)O[C@H](CO)[C@@H](O)[C@@H]1O. The molecular weight excluding hydrogens is 354 g/mol. The van der Waals surface area contributed by atoms with Crippen molar-refractivity contribution >= 4 is 27.5 Å². The number of aliphatic hydroxyl groups excluding tert-OH is 3. The molecule has 0 unspecified atom stereocenters. The van der Waals surface area contributed by atoms with Crippen molar-refractivity contribution in [2.45, 2.75) is 37.6 Å².